The molecule has 3 atom stereocenters. The Morgan fingerprint density at radius 1 is 1.15 bits per heavy atom. The molecule has 10 heteroatoms. The molecule has 1 heterocycles. The van der Waals surface area contributed by atoms with E-state index in [2.05, 4.69) is 15.4 Å². The molecule has 8 nitrogen and oxygen atoms in total. The minimum atomic E-state index is -2.99. The molecule has 0 aromatic heterocycles. The zero-order valence-corrected chi connectivity index (χ0v) is 18.1. The molecule has 34 heavy (non-hydrogen) atoms. The molecule has 2 aromatic carbocycles. The minimum Gasteiger partial charge on any atom is -0.508 e. The number of nitrogens with one attached hydrogen (secondary N) is 2. The third-order valence-electron chi connectivity index (χ3n) is 6.19. The van der Waals surface area contributed by atoms with Gasteiger partial charge in [0.05, 0.1) is 6.10 Å². The van der Waals surface area contributed by atoms with E-state index in [1.807, 2.05) is 0 Å². The van der Waals surface area contributed by atoms with E-state index >= 15 is 0 Å². The molecule has 0 radical (unpaired) electrons. The number of carbonyl (C=O) groups is 3. The number of phenols is 1. The fourth-order valence-corrected chi connectivity index (χ4v) is 4.45. The summed E-state index contributed by atoms with van der Waals surface area (Å²) in [6, 6.07) is 10.2. The molecule has 1 aliphatic heterocycles. The zero-order chi connectivity index (χ0) is 24.3. The highest BCUT2D eigenvalue weighted by Gasteiger charge is 2.55. The van der Waals surface area contributed by atoms with Crippen LogP contribution in [0.1, 0.15) is 35.2 Å². The minimum absolute atomic E-state index is 0.0567. The molecule has 1 saturated heterocycles. The van der Waals surface area contributed by atoms with Crippen molar-refractivity contribution in [2.45, 2.75) is 50.0 Å². The lowest BCUT2D eigenvalue weighted by molar-refractivity contribution is -0.131. The second-order valence-electron chi connectivity index (χ2n) is 8.38. The van der Waals surface area contributed by atoms with Gasteiger partial charge in [0.25, 0.3) is 5.91 Å². The molecule has 3 unspecified atom stereocenters. The normalized spacial score (nSPS) is 22.3. The lowest BCUT2D eigenvalue weighted by atomic mass is 9.91. The quantitative estimate of drug-likeness (QED) is 0.541. The van der Waals surface area contributed by atoms with Gasteiger partial charge in [-0.25, -0.2) is 0 Å². The Hall–Kier alpha value is -3.53. The second kappa shape index (κ2) is 9.76. The molecule has 1 aliphatic carbocycles. The van der Waals surface area contributed by atoms with Crippen LogP contribution in [0.25, 0.3) is 0 Å². The molecule has 2 aliphatic rings. The largest absolute Gasteiger partial charge is 0.508 e. The maximum absolute atomic E-state index is 13.3. The fourth-order valence-electron chi connectivity index (χ4n) is 4.45. The van der Waals surface area contributed by atoms with Crippen LogP contribution in [-0.2, 0) is 20.7 Å². The molecule has 2 amide bonds. The first-order chi connectivity index (χ1) is 16.3. The van der Waals surface area contributed by atoms with E-state index in [0.717, 1.165) is 6.42 Å². The number of ketones is 1. The van der Waals surface area contributed by atoms with Gasteiger partial charge in [0.2, 0.25) is 5.91 Å². The Balaban J connectivity index is 1.52. The van der Waals surface area contributed by atoms with Gasteiger partial charge in [0, 0.05) is 12.0 Å². The first kappa shape index (κ1) is 23.6. The predicted molar refractivity (Wildman–Crippen MR) is 116 cm³/mol. The van der Waals surface area contributed by atoms with Gasteiger partial charge in [0.1, 0.15) is 29.7 Å². The molecule has 1 saturated carbocycles. The predicted octanol–water partition coefficient (Wildman–Crippen LogP) is 2.34. The van der Waals surface area contributed by atoms with E-state index in [4.69, 9.17) is 4.74 Å². The van der Waals surface area contributed by atoms with Crippen molar-refractivity contribution in [2.75, 3.05) is 6.61 Å². The maximum Gasteiger partial charge on any atom is 0.387 e. The molecule has 0 spiro atoms. The lowest BCUT2D eigenvalue weighted by Gasteiger charge is -2.30. The van der Waals surface area contributed by atoms with Crippen LogP contribution in [0.15, 0.2) is 48.5 Å². The van der Waals surface area contributed by atoms with Crippen LogP contribution >= 0.6 is 0 Å². The van der Waals surface area contributed by atoms with Crippen molar-refractivity contribution >= 4 is 17.6 Å². The number of amides is 2. The summed E-state index contributed by atoms with van der Waals surface area (Å²) in [5.41, 5.74) is -0.279. The number of ether oxygens (including phenoxy) is 2. The number of phenolic OH excluding ortho intramolecular Hbond substituents is 1. The van der Waals surface area contributed by atoms with Gasteiger partial charge < -0.3 is 25.2 Å². The third-order valence-corrected chi connectivity index (χ3v) is 6.19. The Morgan fingerprint density at radius 3 is 2.53 bits per heavy atom. The van der Waals surface area contributed by atoms with Crippen molar-refractivity contribution in [1.82, 2.24) is 10.6 Å². The summed E-state index contributed by atoms with van der Waals surface area (Å²) in [7, 11) is 0. The molecular formula is C24H24F2N2O6. The van der Waals surface area contributed by atoms with Crippen LogP contribution < -0.4 is 15.4 Å². The van der Waals surface area contributed by atoms with Crippen molar-refractivity contribution in [1.29, 1.82) is 0 Å². The van der Waals surface area contributed by atoms with Crippen LogP contribution in [-0.4, -0.2) is 53.6 Å². The van der Waals surface area contributed by atoms with Gasteiger partial charge in [0.15, 0.2) is 5.78 Å². The highest BCUT2D eigenvalue weighted by Crippen LogP contribution is 2.37. The summed E-state index contributed by atoms with van der Waals surface area (Å²) in [6.07, 6.45) is 1.57. The van der Waals surface area contributed by atoms with Crippen LogP contribution in [0.4, 0.5) is 8.78 Å². The smallest absolute Gasteiger partial charge is 0.387 e. The van der Waals surface area contributed by atoms with Crippen molar-refractivity contribution in [2.24, 2.45) is 0 Å². The summed E-state index contributed by atoms with van der Waals surface area (Å²) in [5.74, 6) is -1.37. The van der Waals surface area contributed by atoms with Gasteiger partial charge in [-0.1, -0.05) is 12.1 Å². The fraction of sp³-hybridized carbons (Fsp3) is 0.375. The first-order valence-electron chi connectivity index (χ1n) is 10.9. The number of aromatic hydroxyl groups is 1. The van der Waals surface area contributed by atoms with E-state index in [9.17, 15) is 28.3 Å². The Bertz CT molecular complexity index is 1060. The number of hydrogen-bond donors (Lipinski definition) is 3. The average Bonchev–Trinajstić information content (AvgIpc) is 3.34. The summed E-state index contributed by atoms with van der Waals surface area (Å²) in [5, 5.41) is 15.0. The second-order valence-corrected chi connectivity index (χ2v) is 8.38. The van der Waals surface area contributed by atoms with E-state index in [0.29, 0.717) is 18.4 Å². The number of benzene rings is 2. The van der Waals surface area contributed by atoms with Gasteiger partial charge in [-0.2, -0.15) is 8.78 Å². The Morgan fingerprint density at radius 2 is 1.85 bits per heavy atom. The number of carbonyl (C=O) groups excluding carboxylic acids is 3. The van der Waals surface area contributed by atoms with E-state index in [1.54, 1.807) is 12.1 Å². The van der Waals surface area contributed by atoms with Crippen LogP contribution in [0.2, 0.25) is 0 Å². The molecule has 4 rings (SSSR count). The number of halogens is 2. The topological polar surface area (TPSA) is 114 Å². The van der Waals surface area contributed by atoms with Crippen molar-refractivity contribution in [3.8, 4) is 11.5 Å². The summed E-state index contributed by atoms with van der Waals surface area (Å²) in [4.78, 5) is 38.7. The zero-order valence-electron chi connectivity index (χ0n) is 18.1. The van der Waals surface area contributed by atoms with E-state index in [-0.39, 0.29) is 35.9 Å². The van der Waals surface area contributed by atoms with Crippen molar-refractivity contribution in [3.63, 3.8) is 0 Å². The molecule has 0 bridgehead atoms. The number of Topliss-reactive ketones (excluding diaryl/α,β-unsaturated/α-hetero) is 1. The number of alkyl halides is 2. The summed E-state index contributed by atoms with van der Waals surface area (Å²) < 4.78 is 34.6. The number of fused-ring (bicyclic) bond motifs is 1. The van der Waals surface area contributed by atoms with Crippen LogP contribution in [0, 0.1) is 0 Å². The molecular weight excluding hydrogens is 450 g/mol. The third kappa shape index (κ3) is 5.01. The molecule has 180 valence electrons. The van der Waals surface area contributed by atoms with E-state index in [1.165, 1.54) is 36.4 Å². The Labute approximate surface area is 194 Å². The molecule has 2 aromatic rings. The average molecular weight is 474 g/mol. The molecule has 2 fully saturated rings. The first-order valence-corrected chi connectivity index (χ1v) is 10.9. The maximum atomic E-state index is 13.3. The lowest BCUT2D eigenvalue weighted by Crippen LogP contribution is -2.60. The molecule has 3 N–H and O–H groups in total. The highest BCUT2D eigenvalue weighted by molar-refractivity contribution is 6.00. The standard InChI is InChI=1S/C24H24F2N2O6/c25-23(26)34-17-9-5-15(6-10-17)21(31)27-18(12-14-3-7-16(29)8-4-14)22(32)28-24-11-1-2-20(24)33-13-19(24)30/h3-10,18,20,23,29H,1-2,11-13H2,(H,27,31)(H,28,32). The SMILES string of the molecule is O=C(NC(Cc1ccc(O)cc1)C(=O)NC12CCCC1OCC2=O)c1ccc(OC(F)F)cc1. The monoisotopic (exact) mass is 474 g/mol. The van der Waals surface area contributed by atoms with Gasteiger partial charge >= 0.3 is 6.61 Å². The number of rotatable bonds is 8. The van der Waals surface area contributed by atoms with Gasteiger partial charge in [-0.05, 0) is 61.2 Å². The van der Waals surface area contributed by atoms with Crippen LogP contribution in [0.3, 0.4) is 0 Å². The highest BCUT2D eigenvalue weighted by atomic mass is 19.3. The number of hydrogen-bond acceptors (Lipinski definition) is 6. The van der Waals surface area contributed by atoms with Crippen LogP contribution in [0.5, 0.6) is 11.5 Å². The van der Waals surface area contributed by atoms with Crippen molar-refractivity contribution in [3.05, 3.63) is 59.7 Å². The van der Waals surface area contributed by atoms with Gasteiger partial charge in [-0.3, -0.25) is 14.4 Å². The summed E-state index contributed by atoms with van der Waals surface area (Å²) >= 11 is 0. The van der Waals surface area contributed by atoms with Crippen molar-refractivity contribution < 1.29 is 37.7 Å². The van der Waals surface area contributed by atoms with E-state index < -0.39 is 36.1 Å². The summed E-state index contributed by atoms with van der Waals surface area (Å²) in [6.45, 7) is -3.05. The van der Waals surface area contributed by atoms with Gasteiger partial charge in [-0.15, -0.1) is 0 Å². The Kier molecular flexibility index (Phi) is 6.78.